The molecule has 1 aliphatic carbocycles. The molecule has 1 saturated carbocycles. The largest absolute Gasteiger partial charge is 0.489 e. The van der Waals surface area contributed by atoms with Crippen LogP contribution in [0.5, 0.6) is 5.75 Å². The number of ether oxygens (including phenoxy) is 1. The van der Waals surface area contributed by atoms with Crippen LogP contribution in [-0.2, 0) is 11.3 Å². The van der Waals surface area contributed by atoms with Crippen LogP contribution >= 0.6 is 0 Å². The monoisotopic (exact) mass is 411 g/mol. The van der Waals surface area contributed by atoms with Crippen molar-refractivity contribution in [1.82, 2.24) is 15.1 Å². The zero-order valence-corrected chi connectivity index (χ0v) is 18.3. The smallest absolute Gasteiger partial charge is 0.255 e. The first-order valence-electron chi connectivity index (χ1n) is 11.3. The molecule has 4 rings (SSSR count). The number of carbonyl (C=O) groups is 2. The predicted molar refractivity (Wildman–Crippen MR) is 116 cm³/mol. The van der Waals surface area contributed by atoms with Gasteiger partial charge < -0.3 is 15.0 Å². The molecule has 6 heteroatoms. The molecule has 2 unspecified atom stereocenters. The molecule has 2 amide bonds. The van der Waals surface area contributed by atoms with Gasteiger partial charge in [0.15, 0.2) is 0 Å². The van der Waals surface area contributed by atoms with Crippen molar-refractivity contribution in [3.8, 4) is 5.75 Å². The number of hydrogen-bond acceptors (Lipinski definition) is 4. The van der Waals surface area contributed by atoms with E-state index in [1.54, 1.807) is 4.90 Å². The van der Waals surface area contributed by atoms with Crippen LogP contribution < -0.4 is 10.1 Å². The second-order valence-electron chi connectivity index (χ2n) is 8.82. The van der Waals surface area contributed by atoms with Gasteiger partial charge in [0, 0.05) is 23.8 Å². The summed E-state index contributed by atoms with van der Waals surface area (Å²) in [6.45, 7) is 13.1. The third kappa shape index (κ3) is 3.73. The zero-order chi connectivity index (χ0) is 21.4. The highest BCUT2D eigenvalue weighted by molar-refractivity contribution is 6.01. The fourth-order valence-corrected chi connectivity index (χ4v) is 5.38. The van der Waals surface area contributed by atoms with Gasteiger partial charge in [0.1, 0.15) is 17.9 Å². The maximum Gasteiger partial charge on any atom is 0.255 e. The Morgan fingerprint density at radius 2 is 1.97 bits per heavy atom. The molecule has 0 bridgehead atoms. The number of hydrogen-bond donors (Lipinski definition) is 1. The van der Waals surface area contributed by atoms with Crippen molar-refractivity contribution in [2.75, 3.05) is 13.1 Å². The molecule has 2 heterocycles. The predicted octanol–water partition coefficient (Wildman–Crippen LogP) is 3.32. The van der Waals surface area contributed by atoms with Gasteiger partial charge in [-0.25, -0.2) is 0 Å². The summed E-state index contributed by atoms with van der Waals surface area (Å²) in [4.78, 5) is 29.5. The minimum Gasteiger partial charge on any atom is -0.489 e. The summed E-state index contributed by atoms with van der Waals surface area (Å²) in [5.41, 5.74) is 2.35. The van der Waals surface area contributed by atoms with Crippen molar-refractivity contribution in [2.24, 2.45) is 5.92 Å². The van der Waals surface area contributed by atoms with Crippen LogP contribution in [0.2, 0.25) is 0 Å². The van der Waals surface area contributed by atoms with Crippen LogP contribution in [0.25, 0.3) is 0 Å². The highest BCUT2D eigenvalue weighted by atomic mass is 16.5. The molecule has 162 valence electrons. The van der Waals surface area contributed by atoms with E-state index in [1.807, 2.05) is 18.2 Å². The molecule has 1 N–H and O–H groups in total. The lowest BCUT2D eigenvalue weighted by atomic mass is 10.0. The van der Waals surface area contributed by atoms with E-state index in [9.17, 15) is 9.59 Å². The molecular weight excluding hydrogens is 378 g/mol. The Bertz CT molecular complexity index is 848. The highest BCUT2D eigenvalue weighted by Crippen LogP contribution is 2.35. The van der Waals surface area contributed by atoms with Crippen LogP contribution in [0.3, 0.4) is 0 Å². The highest BCUT2D eigenvalue weighted by Gasteiger charge is 2.40. The Labute approximate surface area is 179 Å². The van der Waals surface area contributed by atoms with E-state index < -0.39 is 6.04 Å². The fraction of sp³-hybridized carbons (Fsp3) is 0.583. The number of allylic oxidation sites excluding steroid dienone is 1. The minimum absolute atomic E-state index is 0.0697. The van der Waals surface area contributed by atoms with Crippen molar-refractivity contribution in [1.29, 1.82) is 0 Å². The van der Waals surface area contributed by atoms with Gasteiger partial charge in [-0.2, -0.15) is 0 Å². The first-order chi connectivity index (χ1) is 14.4. The minimum atomic E-state index is -0.428. The van der Waals surface area contributed by atoms with Crippen LogP contribution in [0, 0.1) is 5.92 Å². The molecule has 30 heavy (non-hydrogen) atoms. The summed E-state index contributed by atoms with van der Waals surface area (Å²) in [6, 6.07) is 5.76. The number of amides is 2. The van der Waals surface area contributed by atoms with Crippen molar-refractivity contribution < 1.29 is 14.3 Å². The number of piperidine rings is 1. The molecule has 0 aromatic heterocycles. The fourth-order valence-electron chi connectivity index (χ4n) is 5.38. The summed E-state index contributed by atoms with van der Waals surface area (Å²) >= 11 is 0. The van der Waals surface area contributed by atoms with Crippen LogP contribution in [0.4, 0.5) is 0 Å². The Kier molecular flexibility index (Phi) is 5.87. The molecule has 1 aromatic carbocycles. The molecule has 0 spiro atoms. The van der Waals surface area contributed by atoms with Crippen molar-refractivity contribution in [3.05, 3.63) is 41.6 Å². The number of nitrogens with zero attached hydrogens (tertiary/aromatic N) is 2. The van der Waals surface area contributed by atoms with Gasteiger partial charge in [0.25, 0.3) is 5.91 Å². The topological polar surface area (TPSA) is 61.9 Å². The molecule has 2 aliphatic heterocycles. The maximum atomic E-state index is 12.9. The molecule has 0 radical (unpaired) electrons. The Balaban J connectivity index is 1.49. The summed E-state index contributed by atoms with van der Waals surface area (Å²) in [5.74, 6) is 1.23. The van der Waals surface area contributed by atoms with E-state index in [4.69, 9.17) is 4.74 Å². The van der Waals surface area contributed by atoms with E-state index in [-0.39, 0.29) is 17.9 Å². The first kappa shape index (κ1) is 20.9. The molecule has 2 fully saturated rings. The number of nitrogens with one attached hydrogen (secondary N) is 1. The van der Waals surface area contributed by atoms with E-state index in [0.29, 0.717) is 36.9 Å². The second-order valence-corrected chi connectivity index (χ2v) is 8.82. The summed E-state index contributed by atoms with van der Waals surface area (Å²) in [7, 11) is 0. The van der Waals surface area contributed by atoms with Gasteiger partial charge in [0.2, 0.25) is 5.91 Å². The van der Waals surface area contributed by atoms with E-state index in [2.05, 4.69) is 37.6 Å². The molecule has 1 aromatic rings. The molecule has 4 atom stereocenters. The molecular formula is C24H33N3O3. The Morgan fingerprint density at radius 3 is 2.67 bits per heavy atom. The number of fused-ring (bicyclic) bond motifs is 1. The van der Waals surface area contributed by atoms with Gasteiger partial charge in [-0.3, -0.25) is 14.5 Å². The third-order valence-corrected chi connectivity index (χ3v) is 7.00. The normalized spacial score (nSPS) is 28.8. The maximum absolute atomic E-state index is 12.9. The summed E-state index contributed by atoms with van der Waals surface area (Å²) in [5, 5.41) is 2.79. The summed E-state index contributed by atoms with van der Waals surface area (Å²) < 4.78 is 6.46. The van der Waals surface area contributed by atoms with Gasteiger partial charge in [-0.05, 0) is 68.5 Å². The average Bonchev–Trinajstić information content (AvgIpc) is 3.23. The first-order valence-corrected chi connectivity index (χ1v) is 11.3. The summed E-state index contributed by atoms with van der Waals surface area (Å²) in [6.07, 6.45) is 3.72. The van der Waals surface area contributed by atoms with Crippen molar-refractivity contribution in [2.45, 2.75) is 71.2 Å². The lowest BCUT2D eigenvalue weighted by Crippen LogP contribution is -2.49. The lowest BCUT2D eigenvalue weighted by molar-refractivity contribution is -0.126. The van der Waals surface area contributed by atoms with Crippen molar-refractivity contribution >= 4 is 11.8 Å². The zero-order valence-electron chi connectivity index (χ0n) is 18.3. The van der Waals surface area contributed by atoms with Crippen LogP contribution in [0.15, 0.2) is 30.5 Å². The molecule has 3 aliphatic rings. The molecule has 6 nitrogen and oxygen atoms in total. The number of likely N-dealkylation sites (N-methyl/N-ethyl adjacent to an activating group) is 1. The standard InChI is InChI=1S/C24H33N3O3/c1-5-26(6-2)22-15(3)7-12-21(22)30-18-9-10-19-17(13-18)14-27(24(19)29)20-11-8-16(4)25-23(20)28/h9-10,13,15,20-22H,4-8,11-12,14H2,1-3H3,(H,25,28)/t15?,20?,21-,22+/m0/s1. The third-order valence-electron chi connectivity index (χ3n) is 7.00. The SMILES string of the molecule is C=C1CCC(N2Cc3cc(O[C@H]4CCC(C)[C@H]4N(CC)CC)ccc3C2=O)C(=O)N1. The Hall–Kier alpha value is -2.34. The van der Waals surface area contributed by atoms with E-state index >= 15 is 0 Å². The van der Waals surface area contributed by atoms with E-state index in [1.165, 1.54) is 6.42 Å². The lowest BCUT2D eigenvalue weighted by Gasteiger charge is -2.34. The van der Waals surface area contributed by atoms with Gasteiger partial charge in [0.05, 0.1) is 0 Å². The van der Waals surface area contributed by atoms with Crippen LogP contribution in [-0.4, -0.2) is 52.9 Å². The van der Waals surface area contributed by atoms with Crippen LogP contribution in [0.1, 0.15) is 62.4 Å². The Morgan fingerprint density at radius 1 is 1.20 bits per heavy atom. The number of carbonyl (C=O) groups excluding carboxylic acids is 2. The van der Waals surface area contributed by atoms with Crippen molar-refractivity contribution in [3.63, 3.8) is 0 Å². The number of benzene rings is 1. The van der Waals surface area contributed by atoms with Gasteiger partial charge >= 0.3 is 0 Å². The quantitative estimate of drug-likeness (QED) is 0.780. The molecule has 1 saturated heterocycles. The van der Waals surface area contributed by atoms with Gasteiger partial charge in [-0.15, -0.1) is 0 Å². The van der Waals surface area contributed by atoms with Gasteiger partial charge in [-0.1, -0.05) is 27.4 Å². The second kappa shape index (κ2) is 8.42. The number of rotatable bonds is 6. The van der Waals surface area contributed by atoms with E-state index in [0.717, 1.165) is 36.5 Å². The average molecular weight is 412 g/mol.